The van der Waals surface area contributed by atoms with E-state index in [0.29, 0.717) is 18.9 Å². The van der Waals surface area contributed by atoms with Crippen molar-refractivity contribution in [1.29, 1.82) is 0 Å². The third-order valence-corrected chi connectivity index (χ3v) is 5.34. The Bertz CT molecular complexity index is 515. The van der Waals surface area contributed by atoms with Crippen LogP contribution in [0.1, 0.15) is 32.1 Å². The molecule has 1 aliphatic carbocycles. The number of esters is 1. The predicted octanol–water partition coefficient (Wildman–Crippen LogP) is 3.78. The van der Waals surface area contributed by atoms with Crippen LogP contribution in [0.4, 0.5) is 0 Å². The SMILES string of the molecule is O=C(COC(=O)CC1CCCC1)NCCSc1ccc(Br)cc1. The van der Waals surface area contributed by atoms with Crippen molar-refractivity contribution in [2.45, 2.75) is 37.0 Å². The van der Waals surface area contributed by atoms with Gasteiger partial charge in [0, 0.05) is 28.1 Å². The lowest BCUT2D eigenvalue weighted by Crippen LogP contribution is -2.30. The van der Waals surface area contributed by atoms with Gasteiger partial charge in [-0.3, -0.25) is 9.59 Å². The summed E-state index contributed by atoms with van der Waals surface area (Å²) in [5, 5.41) is 2.77. The largest absolute Gasteiger partial charge is 0.456 e. The third kappa shape index (κ3) is 7.40. The number of amides is 1. The van der Waals surface area contributed by atoms with Crippen LogP contribution in [0.3, 0.4) is 0 Å². The van der Waals surface area contributed by atoms with E-state index in [0.717, 1.165) is 28.0 Å². The standard InChI is InChI=1S/C17H22BrNO3S/c18-14-5-7-15(8-6-14)23-10-9-19-16(20)12-22-17(21)11-13-3-1-2-4-13/h5-8,13H,1-4,9-12H2,(H,19,20). The Balaban J connectivity index is 1.52. The first kappa shape index (κ1) is 18.3. The fourth-order valence-electron chi connectivity index (χ4n) is 2.60. The van der Waals surface area contributed by atoms with Crippen molar-refractivity contribution < 1.29 is 14.3 Å². The summed E-state index contributed by atoms with van der Waals surface area (Å²) in [6.07, 6.45) is 5.07. The quantitative estimate of drug-likeness (QED) is 0.410. The maximum Gasteiger partial charge on any atom is 0.306 e. The Morgan fingerprint density at radius 1 is 1.22 bits per heavy atom. The second-order valence-electron chi connectivity index (χ2n) is 5.67. The van der Waals surface area contributed by atoms with Crippen molar-refractivity contribution >= 4 is 39.6 Å². The van der Waals surface area contributed by atoms with Crippen molar-refractivity contribution in [3.05, 3.63) is 28.7 Å². The highest BCUT2D eigenvalue weighted by atomic mass is 79.9. The number of carbonyl (C=O) groups is 2. The second-order valence-corrected chi connectivity index (χ2v) is 7.75. The lowest BCUT2D eigenvalue weighted by Gasteiger charge is -2.09. The molecule has 2 rings (SSSR count). The first-order valence-corrected chi connectivity index (χ1v) is 9.72. The Morgan fingerprint density at radius 2 is 1.91 bits per heavy atom. The summed E-state index contributed by atoms with van der Waals surface area (Å²) in [6, 6.07) is 8.04. The second kappa shape index (κ2) is 9.98. The molecule has 0 saturated heterocycles. The lowest BCUT2D eigenvalue weighted by molar-refractivity contribution is -0.149. The van der Waals surface area contributed by atoms with Gasteiger partial charge in [0.2, 0.25) is 0 Å². The van der Waals surface area contributed by atoms with Gasteiger partial charge in [0.1, 0.15) is 0 Å². The molecule has 1 aliphatic rings. The molecule has 0 spiro atoms. The van der Waals surface area contributed by atoms with E-state index in [-0.39, 0.29) is 18.5 Å². The van der Waals surface area contributed by atoms with Crippen LogP contribution in [0, 0.1) is 5.92 Å². The van der Waals surface area contributed by atoms with Crippen LogP contribution in [0.15, 0.2) is 33.6 Å². The molecule has 1 saturated carbocycles. The molecule has 1 amide bonds. The van der Waals surface area contributed by atoms with Crippen molar-refractivity contribution in [1.82, 2.24) is 5.32 Å². The molecule has 0 unspecified atom stereocenters. The van der Waals surface area contributed by atoms with Crippen molar-refractivity contribution in [2.24, 2.45) is 5.92 Å². The number of benzene rings is 1. The maximum absolute atomic E-state index is 11.6. The van der Waals surface area contributed by atoms with Gasteiger partial charge >= 0.3 is 5.97 Å². The fraction of sp³-hybridized carbons (Fsp3) is 0.529. The van der Waals surface area contributed by atoms with Crippen LogP contribution >= 0.6 is 27.7 Å². The van der Waals surface area contributed by atoms with E-state index in [1.165, 1.54) is 12.8 Å². The van der Waals surface area contributed by atoms with E-state index in [2.05, 4.69) is 21.2 Å². The minimum absolute atomic E-state index is 0.172. The summed E-state index contributed by atoms with van der Waals surface area (Å²) in [5.74, 6) is 0.744. The highest BCUT2D eigenvalue weighted by molar-refractivity contribution is 9.10. The number of hydrogen-bond acceptors (Lipinski definition) is 4. The number of carbonyl (C=O) groups excluding carboxylic acids is 2. The number of thioether (sulfide) groups is 1. The van der Waals surface area contributed by atoms with Gasteiger partial charge in [0.25, 0.3) is 5.91 Å². The molecule has 1 aromatic carbocycles. The average molecular weight is 400 g/mol. The molecule has 126 valence electrons. The summed E-state index contributed by atoms with van der Waals surface area (Å²) in [5.41, 5.74) is 0. The van der Waals surface area contributed by atoms with Gasteiger partial charge in [-0.2, -0.15) is 0 Å². The Kier molecular flexibility index (Phi) is 7.95. The molecule has 6 heteroatoms. The summed E-state index contributed by atoms with van der Waals surface area (Å²) in [7, 11) is 0. The number of hydrogen-bond donors (Lipinski definition) is 1. The van der Waals surface area contributed by atoms with Crippen LogP contribution in [-0.4, -0.2) is 30.8 Å². The molecule has 23 heavy (non-hydrogen) atoms. The molecule has 4 nitrogen and oxygen atoms in total. The molecular formula is C17H22BrNO3S. The summed E-state index contributed by atoms with van der Waals surface area (Å²) in [4.78, 5) is 24.4. The maximum atomic E-state index is 11.6. The minimum Gasteiger partial charge on any atom is -0.456 e. The number of ether oxygens (including phenoxy) is 1. The summed E-state index contributed by atoms with van der Waals surface area (Å²) in [6.45, 7) is 0.383. The topological polar surface area (TPSA) is 55.4 Å². The molecule has 1 N–H and O–H groups in total. The van der Waals surface area contributed by atoms with Crippen LogP contribution in [0.25, 0.3) is 0 Å². The Labute approximate surface area is 149 Å². The molecule has 0 radical (unpaired) electrons. The van der Waals surface area contributed by atoms with E-state index < -0.39 is 0 Å². The molecule has 0 atom stereocenters. The van der Waals surface area contributed by atoms with Crippen LogP contribution in [-0.2, 0) is 14.3 Å². The Hall–Kier alpha value is -1.01. The minimum atomic E-state index is -0.253. The van der Waals surface area contributed by atoms with Crippen LogP contribution < -0.4 is 5.32 Å². The van der Waals surface area contributed by atoms with Gasteiger partial charge in [-0.25, -0.2) is 0 Å². The van der Waals surface area contributed by atoms with E-state index >= 15 is 0 Å². The first-order chi connectivity index (χ1) is 11.1. The van der Waals surface area contributed by atoms with E-state index in [9.17, 15) is 9.59 Å². The van der Waals surface area contributed by atoms with Gasteiger partial charge in [-0.05, 0) is 43.0 Å². The van der Waals surface area contributed by atoms with E-state index in [4.69, 9.17) is 4.74 Å². The molecule has 1 aromatic rings. The summed E-state index contributed by atoms with van der Waals surface area (Å²) < 4.78 is 6.08. The average Bonchev–Trinajstić information content (AvgIpc) is 3.04. The van der Waals surface area contributed by atoms with Crippen molar-refractivity contribution in [3.63, 3.8) is 0 Å². The highest BCUT2D eigenvalue weighted by Crippen LogP contribution is 2.27. The molecule has 0 aromatic heterocycles. The molecule has 0 bridgehead atoms. The summed E-state index contributed by atoms with van der Waals surface area (Å²) >= 11 is 5.07. The number of nitrogens with one attached hydrogen (secondary N) is 1. The van der Waals surface area contributed by atoms with Crippen LogP contribution in [0.5, 0.6) is 0 Å². The van der Waals surface area contributed by atoms with Gasteiger partial charge in [-0.1, -0.05) is 28.8 Å². The normalized spacial score (nSPS) is 14.7. The van der Waals surface area contributed by atoms with Gasteiger partial charge < -0.3 is 10.1 Å². The molecule has 0 aliphatic heterocycles. The first-order valence-electron chi connectivity index (χ1n) is 7.94. The van der Waals surface area contributed by atoms with Gasteiger partial charge in [0.05, 0.1) is 0 Å². The molecule has 0 heterocycles. The zero-order valence-electron chi connectivity index (χ0n) is 13.1. The highest BCUT2D eigenvalue weighted by Gasteiger charge is 2.19. The van der Waals surface area contributed by atoms with E-state index in [1.54, 1.807) is 11.8 Å². The van der Waals surface area contributed by atoms with Crippen molar-refractivity contribution in [2.75, 3.05) is 18.9 Å². The molecule has 1 fully saturated rings. The van der Waals surface area contributed by atoms with Gasteiger partial charge in [-0.15, -0.1) is 11.8 Å². The van der Waals surface area contributed by atoms with Crippen LogP contribution in [0.2, 0.25) is 0 Å². The molecular weight excluding hydrogens is 378 g/mol. The number of rotatable bonds is 8. The fourth-order valence-corrected chi connectivity index (χ4v) is 3.63. The lowest BCUT2D eigenvalue weighted by atomic mass is 10.1. The Morgan fingerprint density at radius 3 is 2.61 bits per heavy atom. The predicted molar refractivity (Wildman–Crippen MR) is 95.4 cm³/mol. The smallest absolute Gasteiger partial charge is 0.306 e. The zero-order chi connectivity index (χ0) is 16.5. The third-order valence-electron chi connectivity index (χ3n) is 3.80. The van der Waals surface area contributed by atoms with E-state index in [1.807, 2.05) is 24.3 Å². The number of halogens is 1. The monoisotopic (exact) mass is 399 g/mol. The van der Waals surface area contributed by atoms with Gasteiger partial charge in [0.15, 0.2) is 6.61 Å². The zero-order valence-corrected chi connectivity index (χ0v) is 15.5. The van der Waals surface area contributed by atoms with Crippen molar-refractivity contribution in [3.8, 4) is 0 Å².